The van der Waals surface area contributed by atoms with Crippen LogP contribution in [-0.2, 0) is 16.1 Å². The van der Waals surface area contributed by atoms with E-state index < -0.39 is 17.7 Å². The molecule has 2 heterocycles. The van der Waals surface area contributed by atoms with Crippen molar-refractivity contribution < 1.29 is 23.1 Å². The number of carbonyl (C=O) groups excluding carboxylic acids is 2. The number of imidazole rings is 1. The van der Waals surface area contributed by atoms with E-state index >= 15 is 0 Å². The minimum absolute atomic E-state index is 0.00535. The fourth-order valence-electron chi connectivity index (χ4n) is 4.58. The van der Waals surface area contributed by atoms with Gasteiger partial charge in [-0.1, -0.05) is 26.0 Å². The average molecular weight is 485 g/mol. The second-order valence-corrected chi connectivity index (χ2v) is 9.48. The Morgan fingerprint density at radius 1 is 1.09 bits per heavy atom. The molecule has 4 rings (SSSR count). The zero-order valence-electron chi connectivity index (χ0n) is 20.3. The Morgan fingerprint density at radius 2 is 1.71 bits per heavy atom. The highest BCUT2D eigenvalue weighted by atomic mass is 19.2. The van der Waals surface area contributed by atoms with Gasteiger partial charge in [-0.2, -0.15) is 0 Å². The Kier molecular flexibility index (Phi) is 7.16. The quantitative estimate of drug-likeness (QED) is 0.572. The SMILES string of the molecule is CC1CN(C(=O)c2ccc(CNC(=O)C(C(C)C)n3cnc4cc(F)c(F)cc43)cc2)CC(C)O1. The van der Waals surface area contributed by atoms with Crippen LogP contribution in [0, 0.1) is 17.6 Å². The van der Waals surface area contributed by atoms with Gasteiger partial charge in [0.1, 0.15) is 6.04 Å². The van der Waals surface area contributed by atoms with Gasteiger partial charge in [0.15, 0.2) is 11.6 Å². The van der Waals surface area contributed by atoms with Crippen molar-refractivity contribution in [1.29, 1.82) is 0 Å². The normalized spacial score (nSPS) is 19.2. The molecule has 3 unspecified atom stereocenters. The van der Waals surface area contributed by atoms with Gasteiger partial charge in [0.05, 0.1) is 29.6 Å². The summed E-state index contributed by atoms with van der Waals surface area (Å²) in [7, 11) is 0. The fraction of sp³-hybridized carbons (Fsp3) is 0.423. The predicted molar refractivity (Wildman–Crippen MR) is 128 cm³/mol. The molecule has 1 aromatic heterocycles. The van der Waals surface area contributed by atoms with Crippen molar-refractivity contribution in [3.8, 4) is 0 Å². The van der Waals surface area contributed by atoms with Gasteiger partial charge in [-0.05, 0) is 37.5 Å². The van der Waals surface area contributed by atoms with E-state index in [4.69, 9.17) is 4.74 Å². The Balaban J connectivity index is 1.43. The summed E-state index contributed by atoms with van der Waals surface area (Å²) >= 11 is 0. The van der Waals surface area contributed by atoms with E-state index in [1.165, 1.54) is 6.33 Å². The number of aromatic nitrogens is 2. The molecule has 1 saturated heterocycles. The molecular formula is C26H30F2N4O3. The maximum atomic E-state index is 13.8. The van der Waals surface area contributed by atoms with Crippen LogP contribution in [0.25, 0.3) is 11.0 Å². The molecule has 3 atom stereocenters. The highest BCUT2D eigenvalue weighted by Gasteiger charge is 2.27. The van der Waals surface area contributed by atoms with Crippen molar-refractivity contribution in [2.75, 3.05) is 13.1 Å². The van der Waals surface area contributed by atoms with Gasteiger partial charge in [0.25, 0.3) is 5.91 Å². The maximum absolute atomic E-state index is 13.8. The van der Waals surface area contributed by atoms with Crippen molar-refractivity contribution in [3.63, 3.8) is 0 Å². The van der Waals surface area contributed by atoms with Gasteiger partial charge < -0.3 is 19.5 Å². The van der Waals surface area contributed by atoms with Crippen LogP contribution in [0.3, 0.4) is 0 Å². The van der Waals surface area contributed by atoms with E-state index in [1.807, 2.05) is 39.8 Å². The molecule has 1 aliphatic rings. The molecule has 0 saturated carbocycles. The number of benzene rings is 2. The summed E-state index contributed by atoms with van der Waals surface area (Å²) in [5.74, 6) is -2.40. The van der Waals surface area contributed by atoms with E-state index in [0.29, 0.717) is 24.2 Å². The molecule has 9 heteroatoms. The first kappa shape index (κ1) is 24.8. The zero-order valence-corrected chi connectivity index (χ0v) is 20.3. The molecule has 1 aliphatic heterocycles. The third-order valence-corrected chi connectivity index (χ3v) is 6.19. The van der Waals surface area contributed by atoms with Crippen LogP contribution in [0.1, 0.15) is 49.7 Å². The number of carbonyl (C=O) groups is 2. The summed E-state index contributed by atoms with van der Waals surface area (Å²) in [6.45, 7) is 9.03. The molecule has 1 N–H and O–H groups in total. The molecule has 2 amide bonds. The van der Waals surface area contributed by atoms with Gasteiger partial charge in [0.2, 0.25) is 5.91 Å². The van der Waals surface area contributed by atoms with Crippen LogP contribution in [0.4, 0.5) is 8.78 Å². The molecular weight excluding hydrogens is 454 g/mol. The fourth-order valence-corrected chi connectivity index (χ4v) is 4.58. The lowest BCUT2D eigenvalue weighted by Crippen LogP contribution is -2.48. The summed E-state index contributed by atoms with van der Waals surface area (Å²) in [5, 5.41) is 2.92. The number of amides is 2. The van der Waals surface area contributed by atoms with E-state index in [1.54, 1.807) is 21.6 Å². The molecule has 7 nitrogen and oxygen atoms in total. The largest absolute Gasteiger partial charge is 0.372 e. The number of hydrogen-bond acceptors (Lipinski definition) is 4. The van der Waals surface area contributed by atoms with Gasteiger partial charge in [-0.25, -0.2) is 13.8 Å². The van der Waals surface area contributed by atoms with Crippen LogP contribution in [0.2, 0.25) is 0 Å². The number of hydrogen-bond donors (Lipinski definition) is 1. The third-order valence-electron chi connectivity index (χ3n) is 6.19. The Bertz CT molecular complexity index is 1220. The van der Waals surface area contributed by atoms with Crippen molar-refractivity contribution in [2.45, 2.75) is 52.5 Å². The second kappa shape index (κ2) is 10.1. The van der Waals surface area contributed by atoms with Crippen LogP contribution < -0.4 is 5.32 Å². The molecule has 2 aromatic carbocycles. The average Bonchev–Trinajstić information content (AvgIpc) is 3.19. The van der Waals surface area contributed by atoms with Crippen LogP contribution >= 0.6 is 0 Å². The van der Waals surface area contributed by atoms with E-state index in [9.17, 15) is 18.4 Å². The van der Waals surface area contributed by atoms with Crippen molar-refractivity contribution in [1.82, 2.24) is 19.8 Å². The zero-order chi connectivity index (χ0) is 25.3. The lowest BCUT2D eigenvalue weighted by molar-refractivity contribution is -0.125. The van der Waals surface area contributed by atoms with Gasteiger partial charge >= 0.3 is 0 Å². The first-order valence-corrected chi connectivity index (χ1v) is 11.8. The second-order valence-electron chi connectivity index (χ2n) is 9.48. The molecule has 0 bridgehead atoms. The summed E-state index contributed by atoms with van der Waals surface area (Å²) in [6, 6.07) is 8.58. The highest BCUT2D eigenvalue weighted by Crippen LogP contribution is 2.26. The number of ether oxygens (including phenoxy) is 1. The Morgan fingerprint density at radius 3 is 2.34 bits per heavy atom. The predicted octanol–water partition coefficient (Wildman–Crippen LogP) is 4.08. The van der Waals surface area contributed by atoms with Crippen LogP contribution in [0.5, 0.6) is 0 Å². The lowest BCUT2D eigenvalue weighted by Gasteiger charge is -2.35. The molecule has 0 aliphatic carbocycles. The number of fused-ring (bicyclic) bond motifs is 1. The van der Waals surface area contributed by atoms with E-state index in [0.717, 1.165) is 17.7 Å². The van der Waals surface area contributed by atoms with Gasteiger partial charge in [-0.15, -0.1) is 0 Å². The Hall–Kier alpha value is -3.33. The number of halogens is 2. The molecule has 186 valence electrons. The summed E-state index contributed by atoms with van der Waals surface area (Å²) in [6.07, 6.45) is 1.42. The molecule has 0 radical (unpaired) electrons. The van der Waals surface area contributed by atoms with E-state index in [2.05, 4.69) is 10.3 Å². The number of rotatable bonds is 6. The molecule has 0 spiro atoms. The van der Waals surface area contributed by atoms with Crippen molar-refractivity contribution >= 4 is 22.8 Å². The first-order chi connectivity index (χ1) is 16.6. The number of nitrogens with zero attached hydrogens (tertiary/aromatic N) is 3. The summed E-state index contributed by atoms with van der Waals surface area (Å²) in [5.41, 5.74) is 2.06. The standard InChI is InChI=1S/C26H30F2N4O3/c1-15(2)24(32-14-30-22-9-20(27)21(28)10-23(22)32)25(33)29-11-18-5-7-19(8-6-18)26(34)31-12-16(3)35-17(4)13-31/h5-10,14-17,24H,11-13H2,1-4H3,(H,29,33). The number of morpholine rings is 1. The number of nitrogens with one attached hydrogen (secondary N) is 1. The highest BCUT2D eigenvalue weighted by molar-refractivity contribution is 5.94. The monoisotopic (exact) mass is 484 g/mol. The summed E-state index contributed by atoms with van der Waals surface area (Å²) in [4.78, 5) is 31.9. The van der Waals surface area contributed by atoms with Crippen molar-refractivity contribution in [2.24, 2.45) is 5.92 Å². The summed E-state index contributed by atoms with van der Waals surface area (Å²) < 4.78 is 34.7. The topological polar surface area (TPSA) is 76.5 Å². The van der Waals surface area contributed by atoms with Gasteiger partial charge in [0, 0.05) is 37.3 Å². The van der Waals surface area contributed by atoms with E-state index in [-0.39, 0.29) is 42.0 Å². The lowest BCUT2D eigenvalue weighted by atomic mass is 10.0. The molecule has 35 heavy (non-hydrogen) atoms. The minimum Gasteiger partial charge on any atom is -0.372 e. The first-order valence-electron chi connectivity index (χ1n) is 11.8. The van der Waals surface area contributed by atoms with Gasteiger partial charge in [-0.3, -0.25) is 9.59 Å². The third kappa shape index (κ3) is 5.35. The van der Waals surface area contributed by atoms with Crippen molar-refractivity contribution in [3.05, 3.63) is 65.5 Å². The Labute approximate surface area is 203 Å². The minimum atomic E-state index is -0.988. The molecule has 1 fully saturated rings. The van der Waals surface area contributed by atoms with Crippen LogP contribution in [-0.4, -0.2) is 51.6 Å². The van der Waals surface area contributed by atoms with Crippen LogP contribution in [0.15, 0.2) is 42.7 Å². The maximum Gasteiger partial charge on any atom is 0.254 e. The smallest absolute Gasteiger partial charge is 0.254 e. The molecule has 3 aromatic rings.